The predicted molar refractivity (Wildman–Crippen MR) is 61.0 cm³/mol. The maximum atomic E-state index is 4.26. The van der Waals surface area contributed by atoms with Gasteiger partial charge in [0.1, 0.15) is 5.52 Å². The molecule has 1 aromatic heterocycles. The minimum Gasteiger partial charge on any atom is -0.275 e. The van der Waals surface area contributed by atoms with E-state index in [-0.39, 0.29) is 0 Å². The second kappa shape index (κ2) is 2.92. The van der Waals surface area contributed by atoms with Gasteiger partial charge in [0.15, 0.2) is 8.24 Å². The first-order valence-corrected chi connectivity index (χ1v) is 8.26. The maximum absolute atomic E-state index is 4.26. The van der Waals surface area contributed by atoms with Crippen molar-refractivity contribution in [2.45, 2.75) is 26.6 Å². The molecule has 2 rings (SSSR count). The Labute approximate surface area is 84.8 Å². The van der Waals surface area contributed by atoms with Crippen molar-refractivity contribution >= 4 is 19.3 Å². The molecule has 0 aliphatic rings. The maximum Gasteiger partial charge on any atom is 0.179 e. The fourth-order valence-corrected chi connectivity index (χ4v) is 2.79. The number of fused-ring (bicyclic) bond motifs is 1. The van der Waals surface area contributed by atoms with Crippen molar-refractivity contribution in [2.75, 3.05) is 0 Å². The Morgan fingerprint density at radius 1 is 1.21 bits per heavy atom. The zero-order chi connectivity index (χ0) is 10.3. The van der Waals surface area contributed by atoms with Gasteiger partial charge in [-0.25, -0.2) is 0 Å². The lowest BCUT2D eigenvalue weighted by Gasteiger charge is -2.16. The SMILES string of the molecule is Cc1cccc2c1nnn2[Si](C)(C)C. The van der Waals surface area contributed by atoms with Gasteiger partial charge in [-0.2, -0.15) is 0 Å². The molecule has 0 saturated heterocycles. The summed E-state index contributed by atoms with van der Waals surface area (Å²) in [6, 6.07) is 6.24. The zero-order valence-corrected chi connectivity index (χ0v) is 10.1. The highest BCUT2D eigenvalue weighted by Crippen LogP contribution is 2.18. The highest BCUT2D eigenvalue weighted by atomic mass is 28.3. The van der Waals surface area contributed by atoms with Crippen molar-refractivity contribution in [3.63, 3.8) is 0 Å². The van der Waals surface area contributed by atoms with E-state index < -0.39 is 8.24 Å². The van der Waals surface area contributed by atoms with Crippen LogP contribution < -0.4 is 0 Å². The smallest absolute Gasteiger partial charge is 0.179 e. The first-order chi connectivity index (χ1) is 6.50. The van der Waals surface area contributed by atoms with Crippen LogP contribution in [-0.4, -0.2) is 22.9 Å². The Hall–Kier alpha value is -1.16. The summed E-state index contributed by atoms with van der Waals surface area (Å²) < 4.78 is 2.11. The third kappa shape index (κ3) is 1.35. The molecule has 0 aliphatic carbocycles. The fraction of sp³-hybridized carbons (Fsp3) is 0.400. The third-order valence-electron chi connectivity index (χ3n) is 2.31. The Morgan fingerprint density at radius 3 is 2.57 bits per heavy atom. The molecule has 1 heterocycles. The fourth-order valence-electron chi connectivity index (χ4n) is 1.58. The van der Waals surface area contributed by atoms with Gasteiger partial charge in [0.05, 0.1) is 5.52 Å². The molecule has 0 amide bonds. The van der Waals surface area contributed by atoms with Gasteiger partial charge in [0.2, 0.25) is 0 Å². The summed E-state index contributed by atoms with van der Waals surface area (Å²) in [5.74, 6) is 0. The average Bonchev–Trinajstić information content (AvgIpc) is 2.47. The van der Waals surface area contributed by atoms with Gasteiger partial charge in [0, 0.05) is 0 Å². The number of aromatic nitrogens is 3. The molecule has 0 saturated carbocycles. The van der Waals surface area contributed by atoms with Crippen LogP contribution >= 0.6 is 0 Å². The number of nitrogens with zero attached hydrogens (tertiary/aromatic N) is 3. The van der Waals surface area contributed by atoms with Crippen LogP contribution in [0.25, 0.3) is 11.0 Å². The Balaban J connectivity index is 2.76. The van der Waals surface area contributed by atoms with E-state index in [1.807, 2.05) is 0 Å². The van der Waals surface area contributed by atoms with Crippen molar-refractivity contribution < 1.29 is 0 Å². The molecule has 1 aromatic carbocycles. The van der Waals surface area contributed by atoms with Crippen molar-refractivity contribution in [2.24, 2.45) is 0 Å². The summed E-state index contributed by atoms with van der Waals surface area (Å²) >= 11 is 0. The first kappa shape index (κ1) is 9.39. The molecular weight excluding hydrogens is 190 g/mol. The van der Waals surface area contributed by atoms with Crippen LogP contribution in [0.1, 0.15) is 5.56 Å². The normalized spacial score (nSPS) is 12.3. The van der Waals surface area contributed by atoms with E-state index in [9.17, 15) is 0 Å². The highest BCUT2D eigenvalue weighted by molar-refractivity contribution is 6.74. The lowest BCUT2D eigenvalue weighted by molar-refractivity contribution is 0.862. The summed E-state index contributed by atoms with van der Waals surface area (Å²) in [6.45, 7) is 8.88. The minimum absolute atomic E-state index is 1.04. The number of rotatable bonds is 1. The quantitative estimate of drug-likeness (QED) is 0.669. The van der Waals surface area contributed by atoms with Crippen LogP contribution in [0.4, 0.5) is 0 Å². The van der Waals surface area contributed by atoms with Crippen LogP contribution in [0, 0.1) is 6.92 Å². The number of hydrogen-bond acceptors (Lipinski definition) is 2. The molecule has 3 nitrogen and oxygen atoms in total. The Kier molecular flexibility index (Phi) is 1.96. The molecule has 4 heteroatoms. The Morgan fingerprint density at radius 2 is 1.93 bits per heavy atom. The molecule has 0 bridgehead atoms. The molecule has 0 radical (unpaired) electrons. The Bertz CT molecular complexity index is 468. The molecule has 2 aromatic rings. The molecule has 0 atom stereocenters. The summed E-state index contributed by atoms with van der Waals surface area (Å²) in [5, 5.41) is 8.49. The summed E-state index contributed by atoms with van der Waals surface area (Å²) in [6.07, 6.45) is 0. The average molecular weight is 205 g/mol. The largest absolute Gasteiger partial charge is 0.275 e. The lowest BCUT2D eigenvalue weighted by atomic mass is 10.2. The van der Waals surface area contributed by atoms with E-state index in [1.54, 1.807) is 0 Å². The van der Waals surface area contributed by atoms with Crippen LogP contribution in [0.15, 0.2) is 18.2 Å². The number of aryl methyl sites for hydroxylation is 1. The zero-order valence-electron chi connectivity index (χ0n) is 9.07. The van der Waals surface area contributed by atoms with Gasteiger partial charge in [-0.05, 0) is 38.2 Å². The molecule has 14 heavy (non-hydrogen) atoms. The van der Waals surface area contributed by atoms with Gasteiger partial charge in [0.25, 0.3) is 0 Å². The molecule has 0 N–H and O–H groups in total. The lowest BCUT2D eigenvalue weighted by Crippen LogP contribution is -2.33. The summed E-state index contributed by atoms with van der Waals surface area (Å²) in [7, 11) is -1.43. The molecule has 0 fully saturated rings. The highest BCUT2D eigenvalue weighted by Gasteiger charge is 2.20. The van der Waals surface area contributed by atoms with E-state index in [4.69, 9.17) is 0 Å². The van der Waals surface area contributed by atoms with Crippen molar-refractivity contribution in [3.05, 3.63) is 23.8 Å². The molecular formula is C10H15N3Si. The second-order valence-corrected chi connectivity index (χ2v) is 9.38. The molecule has 0 spiro atoms. The van der Waals surface area contributed by atoms with Crippen LogP contribution in [0.5, 0.6) is 0 Å². The summed E-state index contributed by atoms with van der Waals surface area (Å²) in [4.78, 5) is 0. The van der Waals surface area contributed by atoms with Gasteiger partial charge in [-0.3, -0.25) is 4.35 Å². The van der Waals surface area contributed by atoms with Gasteiger partial charge in [-0.1, -0.05) is 17.3 Å². The van der Waals surface area contributed by atoms with Gasteiger partial charge in [-0.15, -0.1) is 5.10 Å². The van der Waals surface area contributed by atoms with Gasteiger partial charge >= 0.3 is 0 Å². The van der Waals surface area contributed by atoms with Crippen LogP contribution in [-0.2, 0) is 0 Å². The van der Waals surface area contributed by atoms with Crippen molar-refractivity contribution in [1.29, 1.82) is 0 Å². The molecule has 0 unspecified atom stereocenters. The number of hydrogen-bond donors (Lipinski definition) is 0. The van der Waals surface area contributed by atoms with E-state index in [2.05, 4.69) is 59.4 Å². The van der Waals surface area contributed by atoms with Gasteiger partial charge < -0.3 is 0 Å². The third-order valence-corrected chi connectivity index (χ3v) is 3.92. The van der Waals surface area contributed by atoms with Crippen LogP contribution in [0.3, 0.4) is 0 Å². The van der Waals surface area contributed by atoms with Crippen molar-refractivity contribution in [1.82, 2.24) is 14.7 Å². The summed E-state index contributed by atoms with van der Waals surface area (Å²) in [5.41, 5.74) is 3.41. The first-order valence-electron chi connectivity index (χ1n) is 4.81. The van der Waals surface area contributed by atoms with E-state index in [0.717, 1.165) is 5.52 Å². The van der Waals surface area contributed by atoms with E-state index >= 15 is 0 Å². The topological polar surface area (TPSA) is 30.7 Å². The monoisotopic (exact) mass is 205 g/mol. The second-order valence-electron chi connectivity index (χ2n) is 4.61. The van der Waals surface area contributed by atoms with Crippen LogP contribution in [0.2, 0.25) is 19.6 Å². The minimum atomic E-state index is -1.43. The van der Waals surface area contributed by atoms with Crippen molar-refractivity contribution in [3.8, 4) is 0 Å². The predicted octanol–water partition coefficient (Wildman–Crippen LogP) is 2.42. The molecule has 74 valence electrons. The standard InChI is InChI=1S/C10H15N3Si/c1-8-6-5-7-9-10(8)11-12-13(9)14(2,3)4/h5-7H,1-4H3. The number of benzene rings is 1. The molecule has 0 aliphatic heterocycles. The van der Waals surface area contributed by atoms with E-state index in [1.165, 1.54) is 11.1 Å². The van der Waals surface area contributed by atoms with E-state index in [0.29, 0.717) is 0 Å².